The Hall–Kier alpha value is -3.70. The number of ether oxygens (including phenoxy) is 4. The Morgan fingerprint density at radius 1 is 0.517 bits per heavy atom. The summed E-state index contributed by atoms with van der Waals surface area (Å²) >= 11 is 0. The first-order valence-electron chi connectivity index (χ1n) is 22.2. The van der Waals surface area contributed by atoms with Crippen molar-refractivity contribution in [2.45, 2.75) is 114 Å². The van der Waals surface area contributed by atoms with Gasteiger partial charge in [-0.15, -0.1) is 0 Å². The van der Waals surface area contributed by atoms with E-state index in [0.717, 1.165) is 86.5 Å². The summed E-state index contributed by atoms with van der Waals surface area (Å²) in [5, 5.41) is 0. The van der Waals surface area contributed by atoms with Gasteiger partial charge in [0.25, 0.3) is 0 Å². The SMILES string of the molecule is CCCC[C@@]1(CC)C[C@@H](c2ccccc2)c2cc(OCCOCCOCCOc3ccc4c(c3)[C@@H](c3ccccc3)C[C@@](CC)(CCCC)CS4(=O)=O)ccc2S(=O)(=O)C1. The minimum absolute atomic E-state index is 0.0493. The lowest BCUT2D eigenvalue weighted by molar-refractivity contribution is 0.0273. The van der Waals surface area contributed by atoms with E-state index in [9.17, 15) is 16.8 Å². The zero-order valence-corrected chi connectivity index (χ0v) is 37.8. The monoisotopic (exact) mass is 858 g/mol. The highest BCUT2D eigenvalue weighted by molar-refractivity contribution is 7.91. The molecule has 0 amide bonds. The fourth-order valence-electron chi connectivity index (χ4n) is 9.53. The van der Waals surface area contributed by atoms with Gasteiger partial charge in [0.15, 0.2) is 19.7 Å². The third-order valence-corrected chi connectivity index (χ3v) is 17.1. The third-order valence-electron chi connectivity index (χ3n) is 13.0. The van der Waals surface area contributed by atoms with E-state index >= 15 is 0 Å². The largest absolute Gasteiger partial charge is 0.491 e. The van der Waals surface area contributed by atoms with E-state index in [1.54, 1.807) is 24.3 Å². The Labute approximate surface area is 360 Å². The summed E-state index contributed by atoms with van der Waals surface area (Å²) in [5.41, 5.74) is 3.31. The highest BCUT2D eigenvalue weighted by Crippen LogP contribution is 2.50. The molecule has 0 aromatic heterocycles. The smallest absolute Gasteiger partial charge is 0.179 e. The molecule has 0 saturated heterocycles. The molecule has 2 heterocycles. The minimum Gasteiger partial charge on any atom is -0.491 e. The highest BCUT2D eigenvalue weighted by Gasteiger charge is 2.44. The van der Waals surface area contributed by atoms with Crippen LogP contribution in [0.1, 0.15) is 126 Å². The van der Waals surface area contributed by atoms with Crippen LogP contribution in [0.25, 0.3) is 0 Å². The summed E-state index contributed by atoms with van der Waals surface area (Å²) < 4.78 is 79.5. The van der Waals surface area contributed by atoms with Crippen molar-refractivity contribution in [3.05, 3.63) is 119 Å². The zero-order chi connectivity index (χ0) is 42.6. The predicted octanol–water partition coefficient (Wildman–Crippen LogP) is 11.0. The van der Waals surface area contributed by atoms with Crippen molar-refractivity contribution in [2.75, 3.05) is 51.1 Å². The van der Waals surface area contributed by atoms with E-state index in [-0.39, 0.29) is 34.2 Å². The summed E-state index contributed by atoms with van der Waals surface area (Å²) in [6.07, 6.45) is 9.07. The van der Waals surface area contributed by atoms with Crippen LogP contribution < -0.4 is 9.47 Å². The summed E-state index contributed by atoms with van der Waals surface area (Å²) in [6, 6.07) is 31.4. The van der Waals surface area contributed by atoms with Crippen LogP contribution in [0.3, 0.4) is 0 Å². The summed E-state index contributed by atoms with van der Waals surface area (Å²) in [5.74, 6) is 1.50. The van der Waals surface area contributed by atoms with Crippen molar-refractivity contribution in [2.24, 2.45) is 10.8 Å². The summed E-state index contributed by atoms with van der Waals surface area (Å²) in [7, 11) is -7.00. The molecule has 2 aliphatic heterocycles. The maximum absolute atomic E-state index is 13.9. The second-order valence-corrected chi connectivity index (χ2v) is 21.0. The first kappa shape index (κ1) is 45.8. The van der Waals surface area contributed by atoms with Gasteiger partial charge in [0.2, 0.25) is 0 Å². The highest BCUT2D eigenvalue weighted by atomic mass is 32.2. The summed E-state index contributed by atoms with van der Waals surface area (Å²) in [4.78, 5) is 0.834. The van der Waals surface area contributed by atoms with Gasteiger partial charge in [-0.3, -0.25) is 0 Å². The number of unbranched alkanes of at least 4 members (excludes halogenated alkanes) is 2. The lowest BCUT2D eigenvalue weighted by Crippen LogP contribution is -2.29. The van der Waals surface area contributed by atoms with Crippen molar-refractivity contribution in [3.63, 3.8) is 0 Å². The van der Waals surface area contributed by atoms with Crippen LogP contribution in [0.2, 0.25) is 0 Å². The molecule has 4 aromatic rings. The Morgan fingerprint density at radius 2 is 0.900 bits per heavy atom. The lowest BCUT2D eigenvalue weighted by Gasteiger charge is -2.34. The number of fused-ring (bicyclic) bond motifs is 2. The second-order valence-electron chi connectivity index (χ2n) is 17.1. The fourth-order valence-corrected chi connectivity index (χ4v) is 14.1. The van der Waals surface area contributed by atoms with E-state index in [1.807, 2.05) is 48.5 Å². The van der Waals surface area contributed by atoms with E-state index in [4.69, 9.17) is 18.9 Å². The van der Waals surface area contributed by atoms with E-state index in [0.29, 0.717) is 60.9 Å². The van der Waals surface area contributed by atoms with E-state index < -0.39 is 19.7 Å². The van der Waals surface area contributed by atoms with Crippen LogP contribution in [0, 0.1) is 10.8 Å². The third kappa shape index (κ3) is 11.2. The number of benzene rings is 4. The molecule has 0 aliphatic carbocycles. The summed E-state index contributed by atoms with van der Waals surface area (Å²) in [6.45, 7) is 10.7. The van der Waals surface area contributed by atoms with Crippen LogP contribution in [-0.2, 0) is 29.1 Å². The number of hydrogen-bond donors (Lipinski definition) is 0. The van der Waals surface area contributed by atoms with Gasteiger partial charge in [0.05, 0.1) is 47.7 Å². The van der Waals surface area contributed by atoms with Gasteiger partial charge in [-0.1, -0.05) is 114 Å². The van der Waals surface area contributed by atoms with Gasteiger partial charge in [0.1, 0.15) is 24.7 Å². The lowest BCUT2D eigenvalue weighted by atomic mass is 9.71. The van der Waals surface area contributed by atoms with Crippen molar-refractivity contribution in [3.8, 4) is 11.5 Å². The normalized spacial score (nSPS) is 23.1. The van der Waals surface area contributed by atoms with Gasteiger partial charge in [-0.2, -0.15) is 0 Å². The topological polar surface area (TPSA) is 105 Å². The van der Waals surface area contributed by atoms with Crippen LogP contribution in [0.4, 0.5) is 0 Å². The average molecular weight is 859 g/mol. The van der Waals surface area contributed by atoms with Gasteiger partial charge >= 0.3 is 0 Å². The average Bonchev–Trinajstić information content (AvgIpc) is 3.43. The molecule has 6 rings (SSSR count). The first-order valence-corrected chi connectivity index (χ1v) is 25.5. The Morgan fingerprint density at radius 3 is 1.27 bits per heavy atom. The Bertz CT molecular complexity index is 2030. The second kappa shape index (κ2) is 20.9. The molecule has 4 aromatic carbocycles. The zero-order valence-electron chi connectivity index (χ0n) is 36.2. The van der Waals surface area contributed by atoms with Crippen molar-refractivity contribution >= 4 is 19.7 Å². The van der Waals surface area contributed by atoms with Crippen LogP contribution in [-0.4, -0.2) is 68.0 Å². The molecule has 0 radical (unpaired) electrons. The number of rotatable bonds is 21. The van der Waals surface area contributed by atoms with Crippen molar-refractivity contribution in [1.29, 1.82) is 0 Å². The van der Waals surface area contributed by atoms with Gasteiger partial charge in [-0.05, 0) is 108 Å². The molecule has 2 aliphatic rings. The molecule has 4 atom stereocenters. The predicted molar refractivity (Wildman–Crippen MR) is 240 cm³/mol. The quantitative estimate of drug-likeness (QED) is 0.0763. The standard InChI is InChI=1S/C50H66O8S2/c1-5-9-25-49(7-3)35-45(39-17-13-11-14-18-39)43-33-41(21-23-47(43)59(51,52)37-49)57-31-29-55-27-28-56-30-32-58-42-22-24-48-44(34-42)46(40-19-15-12-16-20-40)36-50(8-4,26-10-6-2)38-60(48,53)54/h11-24,33-34,45-46H,5-10,25-32,35-38H2,1-4H3/t45-,46+,49-,50+. The maximum Gasteiger partial charge on any atom is 0.179 e. The molecule has 0 saturated carbocycles. The van der Waals surface area contributed by atoms with Crippen LogP contribution >= 0.6 is 0 Å². The molecule has 10 heteroatoms. The molecule has 0 fully saturated rings. The maximum atomic E-state index is 13.9. The van der Waals surface area contributed by atoms with Gasteiger partial charge in [0, 0.05) is 11.8 Å². The minimum atomic E-state index is -3.50. The number of sulfone groups is 2. The molecular formula is C50H66O8S2. The van der Waals surface area contributed by atoms with E-state index in [1.165, 1.54) is 0 Å². The van der Waals surface area contributed by atoms with Crippen LogP contribution in [0.15, 0.2) is 107 Å². The van der Waals surface area contributed by atoms with E-state index in [2.05, 4.69) is 52.0 Å². The van der Waals surface area contributed by atoms with Crippen LogP contribution in [0.5, 0.6) is 11.5 Å². The van der Waals surface area contributed by atoms with Gasteiger partial charge in [-0.25, -0.2) is 16.8 Å². The molecule has 326 valence electrons. The Kier molecular flexibility index (Phi) is 16.0. The number of hydrogen-bond acceptors (Lipinski definition) is 8. The fraction of sp³-hybridized carbons (Fsp3) is 0.520. The van der Waals surface area contributed by atoms with Crippen molar-refractivity contribution < 1.29 is 35.8 Å². The Balaban J connectivity index is 1.00. The molecule has 0 unspecified atom stereocenters. The molecule has 0 bridgehead atoms. The molecule has 0 N–H and O–H groups in total. The molecule has 8 nitrogen and oxygen atoms in total. The first-order chi connectivity index (χ1) is 29.0. The molecular weight excluding hydrogens is 793 g/mol. The van der Waals surface area contributed by atoms with Gasteiger partial charge < -0.3 is 18.9 Å². The van der Waals surface area contributed by atoms with Crippen molar-refractivity contribution in [1.82, 2.24) is 0 Å². The molecule has 60 heavy (non-hydrogen) atoms. The molecule has 0 spiro atoms.